The van der Waals surface area contributed by atoms with Crippen LogP contribution < -0.4 is 9.80 Å². The molecule has 2 aromatic rings. The summed E-state index contributed by atoms with van der Waals surface area (Å²) in [5.74, 6) is -0.451. The fourth-order valence-corrected chi connectivity index (χ4v) is 4.97. The summed E-state index contributed by atoms with van der Waals surface area (Å²) in [5.41, 5.74) is 2.59. The average molecular weight is 429 g/mol. The number of carbonyl (C=O) groups is 2. The number of hydrogen-bond donors (Lipinski definition) is 0. The zero-order valence-electron chi connectivity index (χ0n) is 15.1. The molecule has 0 saturated carbocycles. The summed E-state index contributed by atoms with van der Waals surface area (Å²) in [6.07, 6.45) is 1.88. The topological polar surface area (TPSA) is 40.6 Å². The van der Waals surface area contributed by atoms with Gasteiger partial charge in [0.1, 0.15) is 0 Å². The van der Waals surface area contributed by atoms with Crippen molar-refractivity contribution in [3.05, 3.63) is 64.0 Å². The minimum absolute atomic E-state index is 0.144. The molecule has 0 unspecified atom stereocenters. The zero-order chi connectivity index (χ0) is 19.8. The molecule has 0 aromatic heterocycles. The summed E-state index contributed by atoms with van der Waals surface area (Å²) in [6.45, 7) is 2.71. The Bertz CT molecular complexity index is 1030. The summed E-state index contributed by atoms with van der Waals surface area (Å²) in [5, 5.41) is 0.438. The predicted molar refractivity (Wildman–Crippen MR) is 120 cm³/mol. The SMILES string of the molecule is CCCCN1C(=O)C(=C2SC(=S)N(c3ccccc3Cl)C2=O)c2ccccc21. The summed E-state index contributed by atoms with van der Waals surface area (Å²) >= 11 is 12.9. The minimum atomic E-state index is -0.307. The van der Waals surface area contributed by atoms with Crippen molar-refractivity contribution in [2.45, 2.75) is 19.8 Å². The van der Waals surface area contributed by atoms with Gasteiger partial charge in [0, 0.05) is 12.1 Å². The van der Waals surface area contributed by atoms with Crippen LogP contribution in [0.3, 0.4) is 0 Å². The Balaban J connectivity index is 1.81. The first-order valence-corrected chi connectivity index (χ1v) is 10.6. The zero-order valence-corrected chi connectivity index (χ0v) is 17.5. The monoisotopic (exact) mass is 428 g/mol. The fraction of sp³-hybridized carbons (Fsp3) is 0.190. The summed E-state index contributed by atoms with van der Waals surface area (Å²) in [6, 6.07) is 14.7. The summed E-state index contributed by atoms with van der Waals surface area (Å²) in [4.78, 5) is 30.0. The normalized spacial score (nSPS) is 19.0. The van der Waals surface area contributed by atoms with Crippen molar-refractivity contribution in [1.82, 2.24) is 0 Å². The highest BCUT2D eigenvalue weighted by Crippen LogP contribution is 2.46. The lowest BCUT2D eigenvalue weighted by molar-refractivity contribution is -0.115. The third kappa shape index (κ3) is 3.05. The number of anilines is 2. The number of para-hydroxylation sites is 2. The highest BCUT2D eigenvalue weighted by atomic mass is 35.5. The van der Waals surface area contributed by atoms with E-state index in [0.717, 1.165) is 35.9 Å². The van der Waals surface area contributed by atoms with E-state index in [1.54, 1.807) is 29.2 Å². The van der Waals surface area contributed by atoms with Crippen LogP contribution in [0.25, 0.3) is 5.57 Å². The Kier molecular flexibility index (Phi) is 5.27. The van der Waals surface area contributed by atoms with Gasteiger partial charge in [0.2, 0.25) is 0 Å². The Labute approximate surface area is 178 Å². The Morgan fingerprint density at radius 1 is 1.00 bits per heavy atom. The molecule has 7 heteroatoms. The lowest BCUT2D eigenvalue weighted by Crippen LogP contribution is -2.30. The molecule has 4 nitrogen and oxygen atoms in total. The molecule has 2 heterocycles. The number of hydrogen-bond acceptors (Lipinski definition) is 4. The molecule has 1 saturated heterocycles. The number of thioether (sulfide) groups is 1. The van der Waals surface area contributed by atoms with Crippen LogP contribution in [0.4, 0.5) is 11.4 Å². The van der Waals surface area contributed by atoms with E-state index in [1.807, 2.05) is 24.3 Å². The van der Waals surface area contributed by atoms with E-state index in [2.05, 4.69) is 6.92 Å². The van der Waals surface area contributed by atoms with Gasteiger partial charge in [-0.15, -0.1) is 0 Å². The number of nitrogens with zero attached hydrogens (tertiary/aromatic N) is 2. The molecule has 0 spiro atoms. The van der Waals surface area contributed by atoms with E-state index in [-0.39, 0.29) is 11.8 Å². The van der Waals surface area contributed by atoms with E-state index in [1.165, 1.54) is 4.90 Å². The van der Waals surface area contributed by atoms with E-state index >= 15 is 0 Å². The van der Waals surface area contributed by atoms with Gasteiger partial charge in [0.25, 0.3) is 11.8 Å². The molecule has 0 bridgehead atoms. The van der Waals surface area contributed by atoms with E-state index in [0.29, 0.717) is 32.1 Å². The first-order valence-electron chi connectivity index (χ1n) is 9.01. The van der Waals surface area contributed by atoms with Gasteiger partial charge in [0.05, 0.1) is 26.9 Å². The number of amides is 2. The van der Waals surface area contributed by atoms with Gasteiger partial charge in [-0.25, -0.2) is 0 Å². The second-order valence-corrected chi connectivity index (χ2v) is 8.54. The van der Waals surface area contributed by atoms with Crippen LogP contribution in [0.15, 0.2) is 53.4 Å². The molecular weight excluding hydrogens is 412 g/mol. The van der Waals surface area contributed by atoms with Crippen LogP contribution in [0, 0.1) is 0 Å². The number of thiocarbonyl (C=S) groups is 1. The second-order valence-electron chi connectivity index (χ2n) is 6.49. The maximum absolute atomic E-state index is 13.3. The van der Waals surface area contributed by atoms with Crippen LogP contribution in [-0.2, 0) is 9.59 Å². The van der Waals surface area contributed by atoms with Gasteiger partial charge in [-0.05, 0) is 24.6 Å². The molecule has 142 valence electrons. The number of unbranched alkanes of at least 4 members (excludes halogenated alkanes) is 1. The Morgan fingerprint density at radius 2 is 1.68 bits per heavy atom. The molecule has 1 fully saturated rings. The van der Waals surface area contributed by atoms with Gasteiger partial charge < -0.3 is 4.90 Å². The molecule has 0 N–H and O–H groups in total. The lowest BCUT2D eigenvalue weighted by atomic mass is 10.1. The summed E-state index contributed by atoms with van der Waals surface area (Å²) < 4.78 is 0.373. The van der Waals surface area contributed by atoms with Crippen molar-refractivity contribution in [2.75, 3.05) is 16.3 Å². The number of carbonyl (C=O) groups excluding carboxylic acids is 2. The molecule has 28 heavy (non-hydrogen) atoms. The molecule has 2 aliphatic heterocycles. The Hall–Kier alpha value is -2.15. The molecule has 4 rings (SSSR count). The largest absolute Gasteiger partial charge is 0.308 e. The van der Waals surface area contributed by atoms with Crippen molar-refractivity contribution in [1.29, 1.82) is 0 Å². The maximum Gasteiger partial charge on any atom is 0.271 e. The standard InChI is InChI=1S/C21H17ClN2O2S2/c1-2-3-12-23-15-10-6-4-8-13(15)17(19(23)25)18-20(26)24(21(27)28-18)16-11-7-5-9-14(16)22/h4-11H,2-3,12H2,1H3. The second kappa shape index (κ2) is 7.70. The molecule has 0 radical (unpaired) electrons. The Morgan fingerprint density at radius 3 is 2.39 bits per heavy atom. The van der Waals surface area contributed by atoms with Crippen LogP contribution in [-0.4, -0.2) is 22.7 Å². The summed E-state index contributed by atoms with van der Waals surface area (Å²) in [7, 11) is 0. The number of fused-ring (bicyclic) bond motifs is 1. The highest BCUT2D eigenvalue weighted by molar-refractivity contribution is 8.27. The van der Waals surface area contributed by atoms with E-state index < -0.39 is 0 Å². The smallest absolute Gasteiger partial charge is 0.271 e. The lowest BCUT2D eigenvalue weighted by Gasteiger charge is -2.16. The van der Waals surface area contributed by atoms with Crippen LogP contribution in [0.2, 0.25) is 5.02 Å². The van der Waals surface area contributed by atoms with Gasteiger partial charge in [-0.3, -0.25) is 14.5 Å². The van der Waals surface area contributed by atoms with Crippen molar-refractivity contribution < 1.29 is 9.59 Å². The molecule has 0 aliphatic carbocycles. The predicted octanol–water partition coefficient (Wildman–Crippen LogP) is 5.26. The van der Waals surface area contributed by atoms with Crippen LogP contribution in [0.5, 0.6) is 0 Å². The molecular formula is C21H17ClN2O2S2. The number of halogens is 1. The van der Waals surface area contributed by atoms with Crippen molar-refractivity contribution in [3.63, 3.8) is 0 Å². The minimum Gasteiger partial charge on any atom is -0.308 e. The van der Waals surface area contributed by atoms with Crippen LogP contribution in [0.1, 0.15) is 25.3 Å². The first-order chi connectivity index (χ1) is 13.5. The van der Waals surface area contributed by atoms with E-state index in [4.69, 9.17) is 23.8 Å². The highest BCUT2D eigenvalue weighted by Gasteiger charge is 2.42. The van der Waals surface area contributed by atoms with Crippen molar-refractivity contribution in [2.24, 2.45) is 0 Å². The maximum atomic E-state index is 13.3. The molecule has 0 atom stereocenters. The van der Waals surface area contributed by atoms with Crippen molar-refractivity contribution in [3.8, 4) is 0 Å². The fourth-order valence-electron chi connectivity index (χ4n) is 3.40. The first kappa shape index (κ1) is 19.2. The third-order valence-electron chi connectivity index (χ3n) is 4.75. The van der Waals surface area contributed by atoms with Crippen LogP contribution >= 0.6 is 35.6 Å². The van der Waals surface area contributed by atoms with Gasteiger partial charge in [-0.1, -0.05) is 79.3 Å². The van der Waals surface area contributed by atoms with E-state index in [9.17, 15) is 9.59 Å². The van der Waals surface area contributed by atoms with Gasteiger partial charge in [-0.2, -0.15) is 0 Å². The molecule has 2 amide bonds. The van der Waals surface area contributed by atoms with Crippen molar-refractivity contribution >= 4 is 68.7 Å². The number of rotatable bonds is 4. The third-order valence-corrected chi connectivity index (χ3v) is 6.44. The van der Waals surface area contributed by atoms with Gasteiger partial charge in [0.15, 0.2) is 4.32 Å². The molecule has 2 aromatic carbocycles. The molecule has 2 aliphatic rings. The number of benzene rings is 2. The quantitative estimate of drug-likeness (QED) is 0.491. The van der Waals surface area contributed by atoms with Gasteiger partial charge >= 0.3 is 0 Å². The average Bonchev–Trinajstić information content (AvgIpc) is 3.13.